The molecule has 1 aromatic carbocycles. The first kappa shape index (κ1) is 16.8. The molecule has 0 amide bonds. The van der Waals surface area contributed by atoms with Crippen molar-refractivity contribution in [3.05, 3.63) is 75.0 Å². The molecule has 1 aliphatic rings. The highest BCUT2D eigenvalue weighted by atomic mass is 32.1. The largest absolute Gasteiger partial charge is 0.493 e. The Bertz CT molecular complexity index is 954. The summed E-state index contributed by atoms with van der Waals surface area (Å²) in [5, 5.41) is 0. The quantitative estimate of drug-likeness (QED) is 0.673. The predicted octanol–water partition coefficient (Wildman–Crippen LogP) is 4.61. The van der Waals surface area contributed by atoms with Crippen LogP contribution in [0.25, 0.3) is 6.08 Å². The number of nitrogens with one attached hydrogen (secondary N) is 1. The van der Waals surface area contributed by atoms with Crippen molar-refractivity contribution < 1.29 is 9.53 Å². The van der Waals surface area contributed by atoms with Gasteiger partial charge in [0.15, 0.2) is 5.78 Å². The molecule has 2 aromatic heterocycles. The summed E-state index contributed by atoms with van der Waals surface area (Å²) in [5.41, 5.74) is 3.83. The summed E-state index contributed by atoms with van der Waals surface area (Å²) in [6, 6.07) is 9.96. The minimum absolute atomic E-state index is 0.140. The van der Waals surface area contributed by atoms with Gasteiger partial charge in [-0.3, -0.25) is 4.79 Å². The van der Waals surface area contributed by atoms with Crippen LogP contribution < -0.4 is 4.74 Å². The summed E-state index contributed by atoms with van der Waals surface area (Å²) in [7, 11) is 0. The van der Waals surface area contributed by atoms with Crippen LogP contribution in [0, 0.1) is 6.92 Å². The van der Waals surface area contributed by atoms with Crippen LogP contribution in [0.4, 0.5) is 0 Å². The number of imidazole rings is 1. The zero-order valence-electron chi connectivity index (χ0n) is 14.6. The number of nitrogens with zero attached hydrogens (tertiary/aromatic N) is 1. The maximum atomic E-state index is 12.8. The normalized spacial score (nSPS) is 15.3. The van der Waals surface area contributed by atoms with Gasteiger partial charge in [0.1, 0.15) is 5.75 Å². The average Bonchev–Trinajstić information content (AvgIpc) is 3.29. The molecule has 0 radical (unpaired) electrons. The van der Waals surface area contributed by atoms with Gasteiger partial charge in [-0.05, 0) is 61.7 Å². The third-order valence-electron chi connectivity index (χ3n) is 4.55. The van der Waals surface area contributed by atoms with E-state index in [9.17, 15) is 4.79 Å². The van der Waals surface area contributed by atoms with Gasteiger partial charge in [-0.25, -0.2) is 4.98 Å². The molecule has 132 valence electrons. The highest BCUT2D eigenvalue weighted by Crippen LogP contribution is 2.30. The maximum absolute atomic E-state index is 12.8. The van der Waals surface area contributed by atoms with Crippen molar-refractivity contribution in [2.24, 2.45) is 0 Å². The SMILES string of the molecule is Cc1ccc(C=C2CCc3cc(OCCc4cnc[nH]4)ccc3C2=O)s1. The molecular weight excluding hydrogens is 344 g/mol. The molecule has 1 N–H and O–H groups in total. The Labute approximate surface area is 156 Å². The van der Waals surface area contributed by atoms with E-state index in [1.54, 1.807) is 23.9 Å². The summed E-state index contributed by atoms with van der Waals surface area (Å²) in [5.74, 6) is 0.957. The van der Waals surface area contributed by atoms with Crippen molar-refractivity contribution >= 4 is 23.2 Å². The number of Topliss-reactive ketones (excluding diaryl/α,β-unsaturated/α-hetero) is 1. The molecule has 3 aromatic rings. The molecule has 0 saturated carbocycles. The topological polar surface area (TPSA) is 55.0 Å². The number of aryl methyl sites for hydroxylation is 2. The van der Waals surface area contributed by atoms with Crippen LogP contribution in [0.15, 0.2) is 48.4 Å². The number of carbonyl (C=O) groups excluding carboxylic acids is 1. The Balaban J connectivity index is 1.46. The van der Waals surface area contributed by atoms with Crippen LogP contribution in [0.3, 0.4) is 0 Å². The lowest BCUT2D eigenvalue weighted by Gasteiger charge is -2.18. The fraction of sp³-hybridized carbons (Fsp3) is 0.238. The number of aromatic nitrogens is 2. The summed E-state index contributed by atoms with van der Waals surface area (Å²) in [4.78, 5) is 22.3. The van der Waals surface area contributed by atoms with Gasteiger partial charge in [-0.1, -0.05) is 0 Å². The van der Waals surface area contributed by atoms with E-state index in [0.29, 0.717) is 6.61 Å². The van der Waals surface area contributed by atoms with E-state index >= 15 is 0 Å². The van der Waals surface area contributed by atoms with Crippen molar-refractivity contribution in [2.75, 3.05) is 6.61 Å². The first-order chi connectivity index (χ1) is 12.7. The first-order valence-electron chi connectivity index (χ1n) is 8.74. The lowest BCUT2D eigenvalue weighted by molar-refractivity contribution is 0.102. The summed E-state index contributed by atoms with van der Waals surface area (Å²) >= 11 is 1.72. The van der Waals surface area contributed by atoms with Gasteiger partial charge < -0.3 is 9.72 Å². The van der Waals surface area contributed by atoms with Gasteiger partial charge in [-0.15, -0.1) is 11.3 Å². The highest BCUT2D eigenvalue weighted by Gasteiger charge is 2.22. The second-order valence-corrected chi connectivity index (χ2v) is 7.76. The molecule has 4 rings (SSSR count). The average molecular weight is 364 g/mol. The Morgan fingerprint density at radius 3 is 2.96 bits per heavy atom. The molecule has 0 bridgehead atoms. The number of rotatable bonds is 5. The van der Waals surface area contributed by atoms with E-state index in [-0.39, 0.29) is 5.78 Å². The maximum Gasteiger partial charge on any atom is 0.189 e. The van der Waals surface area contributed by atoms with Crippen LogP contribution in [0.5, 0.6) is 5.75 Å². The van der Waals surface area contributed by atoms with E-state index in [2.05, 4.69) is 29.0 Å². The van der Waals surface area contributed by atoms with E-state index in [1.165, 1.54) is 4.88 Å². The third-order valence-corrected chi connectivity index (χ3v) is 5.50. The number of ether oxygens (including phenoxy) is 1. The molecule has 1 aliphatic carbocycles. The second-order valence-electron chi connectivity index (χ2n) is 6.44. The zero-order chi connectivity index (χ0) is 17.9. The minimum Gasteiger partial charge on any atom is -0.493 e. The van der Waals surface area contributed by atoms with Gasteiger partial charge in [-0.2, -0.15) is 0 Å². The van der Waals surface area contributed by atoms with Gasteiger partial charge in [0.05, 0.1) is 12.9 Å². The summed E-state index contributed by atoms with van der Waals surface area (Å²) < 4.78 is 5.83. The summed E-state index contributed by atoms with van der Waals surface area (Å²) in [6.45, 7) is 2.66. The number of hydrogen-bond donors (Lipinski definition) is 1. The molecule has 0 saturated heterocycles. The fourth-order valence-electron chi connectivity index (χ4n) is 3.18. The molecule has 4 nitrogen and oxygen atoms in total. The van der Waals surface area contributed by atoms with Crippen LogP contribution >= 0.6 is 11.3 Å². The van der Waals surface area contributed by atoms with Crippen LogP contribution in [0.1, 0.15) is 37.8 Å². The molecule has 26 heavy (non-hydrogen) atoms. The van der Waals surface area contributed by atoms with E-state index in [0.717, 1.165) is 52.3 Å². The fourth-order valence-corrected chi connectivity index (χ4v) is 4.03. The predicted molar refractivity (Wildman–Crippen MR) is 104 cm³/mol. The number of benzene rings is 1. The smallest absolute Gasteiger partial charge is 0.189 e. The number of ketones is 1. The number of thiophene rings is 1. The van der Waals surface area contributed by atoms with Crippen LogP contribution in [-0.2, 0) is 12.8 Å². The van der Waals surface area contributed by atoms with Gasteiger partial charge in [0.2, 0.25) is 0 Å². The Morgan fingerprint density at radius 2 is 2.19 bits per heavy atom. The molecule has 0 aliphatic heterocycles. The molecule has 2 heterocycles. The standard InChI is InChI=1S/C21H20N2O2S/c1-14-2-6-19(26-14)11-16-4-3-15-10-18(5-7-20(15)21(16)24)25-9-8-17-12-22-13-23-17/h2,5-7,10-13H,3-4,8-9H2,1H3,(H,22,23). The zero-order valence-corrected chi connectivity index (χ0v) is 15.4. The first-order valence-corrected chi connectivity index (χ1v) is 9.55. The molecule has 0 atom stereocenters. The molecule has 0 fully saturated rings. The van der Waals surface area contributed by atoms with Crippen molar-refractivity contribution in [1.29, 1.82) is 0 Å². The molecule has 5 heteroatoms. The number of fused-ring (bicyclic) bond motifs is 1. The second kappa shape index (κ2) is 7.30. The Morgan fingerprint density at radius 1 is 1.27 bits per heavy atom. The van der Waals surface area contributed by atoms with E-state index in [1.807, 2.05) is 24.3 Å². The van der Waals surface area contributed by atoms with E-state index < -0.39 is 0 Å². The number of allylic oxidation sites excluding steroid dienone is 1. The monoisotopic (exact) mass is 364 g/mol. The lowest BCUT2D eigenvalue weighted by atomic mass is 9.86. The van der Waals surface area contributed by atoms with Gasteiger partial charge in [0.25, 0.3) is 0 Å². The number of hydrogen-bond acceptors (Lipinski definition) is 4. The lowest BCUT2D eigenvalue weighted by Crippen LogP contribution is -2.14. The highest BCUT2D eigenvalue weighted by molar-refractivity contribution is 7.12. The molecular formula is C21H20N2O2S. The van der Waals surface area contributed by atoms with Crippen molar-refractivity contribution in [3.8, 4) is 5.75 Å². The van der Waals surface area contributed by atoms with Gasteiger partial charge in [0, 0.05) is 39.2 Å². The molecule has 0 unspecified atom stereocenters. The summed E-state index contributed by atoms with van der Waals surface area (Å²) in [6.07, 6.45) is 7.94. The molecule has 0 spiro atoms. The van der Waals surface area contributed by atoms with Gasteiger partial charge >= 0.3 is 0 Å². The van der Waals surface area contributed by atoms with Crippen molar-refractivity contribution in [2.45, 2.75) is 26.2 Å². The Kier molecular flexibility index (Phi) is 4.71. The number of H-pyrrole nitrogens is 1. The third kappa shape index (κ3) is 3.63. The van der Waals surface area contributed by atoms with Crippen molar-refractivity contribution in [1.82, 2.24) is 9.97 Å². The Hall–Kier alpha value is -2.66. The number of carbonyl (C=O) groups is 1. The number of aromatic amines is 1. The van der Waals surface area contributed by atoms with Crippen molar-refractivity contribution in [3.63, 3.8) is 0 Å². The van der Waals surface area contributed by atoms with Crippen LogP contribution in [0.2, 0.25) is 0 Å². The van der Waals surface area contributed by atoms with E-state index in [4.69, 9.17) is 4.74 Å². The van der Waals surface area contributed by atoms with Crippen LogP contribution in [-0.4, -0.2) is 22.4 Å². The minimum atomic E-state index is 0.140.